The largest absolute Gasteiger partial charge is 0.493 e. The van der Waals surface area contributed by atoms with Crippen LogP contribution in [-0.2, 0) is 4.74 Å². The Morgan fingerprint density at radius 3 is 1.86 bits per heavy atom. The molecule has 2 aromatic carbocycles. The molecule has 1 amide bonds. The van der Waals surface area contributed by atoms with E-state index in [0.29, 0.717) is 85.1 Å². The number of amides is 1. The van der Waals surface area contributed by atoms with Crippen molar-refractivity contribution >= 4 is 63.4 Å². The summed E-state index contributed by atoms with van der Waals surface area (Å²) in [5.41, 5.74) is 2.68. The number of nitro groups is 1. The number of benzene rings is 2. The molecule has 0 aliphatic heterocycles. The number of ketones is 2. The van der Waals surface area contributed by atoms with Gasteiger partial charge < -0.3 is 44.1 Å². The highest BCUT2D eigenvalue weighted by Gasteiger charge is 2.38. The summed E-state index contributed by atoms with van der Waals surface area (Å²) < 4.78 is 28.9. The Hall–Kier alpha value is -5.28. The maximum Gasteiger partial charge on any atom is 0.411 e. The summed E-state index contributed by atoms with van der Waals surface area (Å²) in [5, 5.41) is 47.2. The lowest BCUT2D eigenvalue weighted by Crippen LogP contribution is -2.25. The van der Waals surface area contributed by atoms with Crippen LogP contribution in [0.25, 0.3) is 0 Å². The molecular weight excluding hydrogens is 867 g/mol. The molecular formula is C44H55BN4O13S2. The van der Waals surface area contributed by atoms with Crippen molar-refractivity contribution in [1.82, 2.24) is 4.98 Å². The van der Waals surface area contributed by atoms with Crippen molar-refractivity contribution in [3.8, 4) is 23.0 Å². The predicted octanol–water partition coefficient (Wildman–Crippen LogP) is 7.66. The van der Waals surface area contributed by atoms with Crippen LogP contribution in [0.2, 0.25) is 6.82 Å². The maximum atomic E-state index is 14.0. The Labute approximate surface area is 380 Å². The van der Waals surface area contributed by atoms with E-state index in [9.17, 15) is 39.7 Å². The summed E-state index contributed by atoms with van der Waals surface area (Å²) in [4.78, 5) is 55.2. The van der Waals surface area contributed by atoms with Gasteiger partial charge in [-0.2, -0.15) is 0 Å². The molecule has 2 unspecified atom stereocenters. The predicted molar refractivity (Wildman–Crippen MR) is 246 cm³/mol. The lowest BCUT2D eigenvalue weighted by atomic mass is 9.84. The number of pyridine rings is 1. The van der Waals surface area contributed by atoms with E-state index in [2.05, 4.69) is 28.7 Å². The minimum Gasteiger partial charge on any atom is -0.493 e. The van der Waals surface area contributed by atoms with Crippen molar-refractivity contribution in [2.45, 2.75) is 56.8 Å². The second kappa shape index (κ2) is 24.1. The number of aliphatic hydroxyl groups excluding tert-OH is 2. The Bertz CT molecular complexity index is 2160. The monoisotopic (exact) mass is 922 g/mol. The SMILES string of the molecule is C=C1CC(C(=O)c2cc(OC)c(OCCCCCOc3cc(NC(=O)OCCSSc4ccc([N+](=O)[O-])cn4)c(C(=O)C4CC(=C)C[C@H]4CO)cc3OC)cc2NB(C)O)[C@H](CO)C1. The molecule has 5 N–H and O–H groups in total. The summed E-state index contributed by atoms with van der Waals surface area (Å²) in [6, 6.07) is 9.16. The topological polar surface area (TPSA) is 238 Å². The summed E-state index contributed by atoms with van der Waals surface area (Å²) >= 11 is 0. The van der Waals surface area contributed by atoms with E-state index in [1.165, 1.54) is 66.3 Å². The number of nitrogens with zero attached hydrogens (tertiary/aromatic N) is 2. The summed E-state index contributed by atoms with van der Waals surface area (Å²) in [5.74, 6) is -0.337. The number of Topliss-reactive ketones (excluding diaryl/α,β-unsaturated/α-hetero) is 2. The van der Waals surface area contributed by atoms with Gasteiger partial charge in [-0.25, -0.2) is 9.78 Å². The molecule has 1 aromatic heterocycles. The number of methoxy groups -OCH3 is 2. The van der Waals surface area contributed by atoms with Crippen molar-refractivity contribution in [2.75, 3.05) is 63.6 Å². The fourth-order valence-corrected chi connectivity index (χ4v) is 9.44. The third kappa shape index (κ3) is 13.4. The molecule has 20 heteroatoms. The molecule has 2 aliphatic rings. The van der Waals surface area contributed by atoms with E-state index in [1.807, 2.05) is 0 Å². The number of hydrogen-bond acceptors (Lipinski definition) is 17. The third-order valence-corrected chi connectivity index (χ3v) is 13.1. The molecule has 1 heterocycles. The molecule has 17 nitrogen and oxygen atoms in total. The number of unbranched alkanes of at least 4 members (excludes halogenated alkanes) is 2. The number of carbonyl (C=O) groups is 3. The van der Waals surface area contributed by atoms with Crippen LogP contribution >= 0.6 is 21.6 Å². The molecule has 5 rings (SSSR count). The van der Waals surface area contributed by atoms with Gasteiger partial charge in [-0.1, -0.05) is 35.1 Å². The Kier molecular flexibility index (Phi) is 18.8. The molecule has 2 fully saturated rings. The number of carbonyl (C=O) groups excluding carboxylic acids is 3. The molecule has 0 radical (unpaired) electrons. The average Bonchev–Trinajstić information content (AvgIpc) is 3.86. The van der Waals surface area contributed by atoms with Gasteiger partial charge in [-0.15, -0.1) is 0 Å². The van der Waals surface area contributed by atoms with Crippen LogP contribution in [0.15, 0.2) is 71.9 Å². The van der Waals surface area contributed by atoms with Crippen LogP contribution < -0.4 is 29.5 Å². The van der Waals surface area contributed by atoms with E-state index in [1.54, 1.807) is 19.0 Å². The first-order valence-corrected chi connectivity index (χ1v) is 23.2. The van der Waals surface area contributed by atoms with E-state index in [4.69, 9.17) is 23.7 Å². The highest BCUT2D eigenvalue weighted by atomic mass is 33.1. The number of anilines is 2. The zero-order valence-corrected chi connectivity index (χ0v) is 37.8. The molecule has 344 valence electrons. The first-order chi connectivity index (χ1) is 30.8. The van der Waals surface area contributed by atoms with Crippen LogP contribution in [0.4, 0.5) is 21.9 Å². The number of aromatic nitrogens is 1. The van der Waals surface area contributed by atoms with Crippen molar-refractivity contribution in [3.63, 3.8) is 0 Å². The molecule has 0 spiro atoms. The smallest absolute Gasteiger partial charge is 0.411 e. The highest BCUT2D eigenvalue weighted by molar-refractivity contribution is 8.76. The van der Waals surface area contributed by atoms with Gasteiger partial charge in [0, 0.05) is 65.8 Å². The van der Waals surface area contributed by atoms with Crippen LogP contribution in [0, 0.1) is 33.8 Å². The minimum absolute atomic E-state index is 0.0126. The number of allylic oxidation sites excluding steroid dienone is 2. The van der Waals surface area contributed by atoms with Gasteiger partial charge in [0.05, 0.1) is 38.0 Å². The van der Waals surface area contributed by atoms with Crippen molar-refractivity contribution in [1.29, 1.82) is 0 Å². The second-order valence-electron chi connectivity index (χ2n) is 15.6. The maximum absolute atomic E-state index is 14.0. The van der Waals surface area contributed by atoms with Crippen LogP contribution in [0.5, 0.6) is 23.0 Å². The molecule has 0 bridgehead atoms. The fraction of sp³-hybridized carbons (Fsp3) is 0.455. The van der Waals surface area contributed by atoms with Gasteiger partial charge in [0.25, 0.3) is 5.69 Å². The number of hydrogen-bond donors (Lipinski definition) is 5. The fourth-order valence-electron chi connectivity index (χ4n) is 7.76. The highest BCUT2D eigenvalue weighted by Crippen LogP contribution is 2.43. The number of aliphatic hydroxyl groups is 2. The lowest BCUT2D eigenvalue weighted by molar-refractivity contribution is -0.385. The summed E-state index contributed by atoms with van der Waals surface area (Å²) in [6.07, 6.45) is 4.24. The Balaban J connectivity index is 1.19. The van der Waals surface area contributed by atoms with Gasteiger partial charge in [0.1, 0.15) is 17.8 Å². The van der Waals surface area contributed by atoms with E-state index in [-0.39, 0.29) is 78.3 Å². The number of rotatable bonds is 25. The number of nitrogens with one attached hydrogen (secondary N) is 2. The minimum atomic E-state index is -0.960. The van der Waals surface area contributed by atoms with E-state index >= 15 is 0 Å². The Morgan fingerprint density at radius 2 is 1.38 bits per heavy atom. The quantitative estimate of drug-likeness (QED) is 0.0104. The third-order valence-electron chi connectivity index (χ3n) is 10.9. The van der Waals surface area contributed by atoms with E-state index < -0.39 is 29.9 Å². The zero-order chi connectivity index (χ0) is 46.3. The van der Waals surface area contributed by atoms with E-state index in [0.717, 1.165) is 11.1 Å². The van der Waals surface area contributed by atoms with Crippen LogP contribution in [0.1, 0.15) is 65.7 Å². The van der Waals surface area contributed by atoms with Crippen molar-refractivity contribution in [2.24, 2.45) is 23.7 Å². The summed E-state index contributed by atoms with van der Waals surface area (Å²) in [7, 11) is 4.58. The van der Waals surface area contributed by atoms with Crippen LogP contribution in [0.3, 0.4) is 0 Å². The van der Waals surface area contributed by atoms with Gasteiger partial charge >= 0.3 is 13.1 Å². The van der Waals surface area contributed by atoms with Gasteiger partial charge in [0.15, 0.2) is 34.6 Å². The first kappa shape index (κ1) is 49.7. The first-order valence-electron chi connectivity index (χ1n) is 20.9. The van der Waals surface area contributed by atoms with Gasteiger partial charge in [-0.3, -0.25) is 25.0 Å². The standard InChI is InChI=1S/C44H55BN4O13S2/c1-26-15-28(24-50)31(17-26)42(52)33-19-37(58-4)39(21-35(33)47-44(54)62-13-14-63-64-41-10-9-30(23-46-41)49(56)57)60-11-7-6-8-12-61-40-22-36(48-45(3)55)34(20-38(40)59-5)43(53)32-18-27(2)16-29(32)25-51/h9-10,19-23,28-29,31-32,48,50-51,55H,1-2,6-8,11-18,24-25H2,3-5H3,(H,47,54)/t28-,29-,31?,32?/m0/s1. The second-order valence-corrected chi connectivity index (χ2v) is 18.0. The molecule has 2 saturated carbocycles. The molecule has 4 atom stereocenters. The van der Waals surface area contributed by atoms with Gasteiger partial charge in [0.2, 0.25) is 0 Å². The zero-order valence-electron chi connectivity index (χ0n) is 36.2. The van der Waals surface area contributed by atoms with Crippen molar-refractivity contribution < 1.29 is 58.2 Å². The average molecular weight is 923 g/mol. The lowest BCUT2D eigenvalue weighted by Gasteiger charge is -2.21. The van der Waals surface area contributed by atoms with Gasteiger partial charge in [-0.05, 0) is 92.6 Å². The Morgan fingerprint density at radius 1 is 0.828 bits per heavy atom. The molecule has 64 heavy (non-hydrogen) atoms. The summed E-state index contributed by atoms with van der Waals surface area (Å²) in [6.45, 7) is 9.83. The molecule has 2 aliphatic carbocycles. The molecule has 0 saturated heterocycles. The van der Waals surface area contributed by atoms with Crippen molar-refractivity contribution in [3.05, 3.63) is 88.1 Å². The molecule has 3 aromatic rings. The normalized spacial score (nSPS) is 18.0. The number of ether oxygens (including phenoxy) is 5. The van der Waals surface area contributed by atoms with Crippen LogP contribution in [-0.4, -0.2) is 103 Å².